The summed E-state index contributed by atoms with van der Waals surface area (Å²) in [6.07, 6.45) is 2.23. The van der Waals surface area contributed by atoms with E-state index >= 15 is 0 Å². The first-order valence-corrected chi connectivity index (χ1v) is 11.0. The Bertz CT molecular complexity index is 1330. The number of aromatic nitrogens is 2. The van der Waals surface area contributed by atoms with Crippen molar-refractivity contribution >= 4 is 0 Å². The number of benzene rings is 2. The number of hydrogen-bond acceptors (Lipinski definition) is 1. The van der Waals surface area contributed by atoms with Gasteiger partial charge in [-0.25, -0.2) is 4.57 Å². The number of nitrogens with zero attached hydrogens (tertiary/aromatic N) is 2. The standard InChI is InChI=1S/C29H29N2/c1-18-7-10-21(11-8-18)22-12-14-27(31(6)17-22)24-16-26-25(15-19(24)2)23-13-9-20(3)30-28(23)29(26,4)5/h7-17H,1-6H3/q+1. The lowest BCUT2D eigenvalue weighted by Crippen LogP contribution is -2.31. The summed E-state index contributed by atoms with van der Waals surface area (Å²) < 4.78 is 2.25. The molecule has 0 saturated carbocycles. The maximum Gasteiger partial charge on any atom is 0.212 e. The van der Waals surface area contributed by atoms with E-state index in [0.717, 1.165) is 5.69 Å². The molecular weight excluding hydrogens is 376 g/mol. The molecule has 0 amide bonds. The van der Waals surface area contributed by atoms with E-state index in [-0.39, 0.29) is 5.41 Å². The van der Waals surface area contributed by atoms with Crippen LogP contribution < -0.4 is 4.57 Å². The van der Waals surface area contributed by atoms with Gasteiger partial charge in [0.1, 0.15) is 7.05 Å². The van der Waals surface area contributed by atoms with E-state index in [0.29, 0.717) is 0 Å². The van der Waals surface area contributed by atoms with Crippen molar-refractivity contribution in [2.24, 2.45) is 7.05 Å². The predicted molar refractivity (Wildman–Crippen MR) is 128 cm³/mol. The molecule has 1 aliphatic rings. The largest absolute Gasteiger partial charge is 0.257 e. The highest BCUT2D eigenvalue weighted by Crippen LogP contribution is 2.49. The zero-order valence-corrected chi connectivity index (χ0v) is 19.2. The van der Waals surface area contributed by atoms with E-state index in [1.54, 1.807) is 0 Å². The van der Waals surface area contributed by atoms with Crippen LogP contribution in [-0.2, 0) is 12.5 Å². The fourth-order valence-electron chi connectivity index (χ4n) is 4.91. The number of aryl methyl sites for hydroxylation is 4. The lowest BCUT2D eigenvalue weighted by Gasteiger charge is -2.21. The maximum atomic E-state index is 4.92. The highest BCUT2D eigenvalue weighted by molar-refractivity contribution is 5.83. The van der Waals surface area contributed by atoms with E-state index in [1.807, 2.05) is 0 Å². The Hall–Kier alpha value is -3.26. The molecule has 5 rings (SSSR count). The van der Waals surface area contributed by atoms with Gasteiger partial charge in [0.25, 0.3) is 0 Å². The van der Waals surface area contributed by atoms with Gasteiger partial charge in [-0.1, -0.05) is 55.8 Å². The van der Waals surface area contributed by atoms with E-state index < -0.39 is 0 Å². The molecule has 0 spiro atoms. The van der Waals surface area contributed by atoms with Crippen LogP contribution >= 0.6 is 0 Å². The van der Waals surface area contributed by atoms with Crippen molar-refractivity contribution in [2.75, 3.05) is 0 Å². The number of rotatable bonds is 2. The molecule has 2 nitrogen and oxygen atoms in total. The lowest BCUT2D eigenvalue weighted by atomic mass is 9.83. The van der Waals surface area contributed by atoms with Gasteiger partial charge in [0.2, 0.25) is 5.69 Å². The zero-order valence-electron chi connectivity index (χ0n) is 19.2. The topological polar surface area (TPSA) is 16.8 Å². The van der Waals surface area contributed by atoms with Gasteiger partial charge in [-0.2, -0.15) is 0 Å². The van der Waals surface area contributed by atoms with E-state index in [1.165, 1.54) is 55.9 Å². The Balaban J connectivity index is 1.62. The first-order valence-electron chi connectivity index (χ1n) is 11.0. The van der Waals surface area contributed by atoms with Crippen LogP contribution in [0, 0.1) is 20.8 Å². The summed E-state index contributed by atoms with van der Waals surface area (Å²) >= 11 is 0. The first-order chi connectivity index (χ1) is 14.8. The molecule has 2 aromatic heterocycles. The van der Waals surface area contributed by atoms with Crippen molar-refractivity contribution in [3.63, 3.8) is 0 Å². The molecule has 0 aliphatic heterocycles. The molecule has 2 aromatic carbocycles. The van der Waals surface area contributed by atoms with Gasteiger partial charge in [0, 0.05) is 33.9 Å². The average Bonchev–Trinajstić information content (AvgIpc) is 2.94. The van der Waals surface area contributed by atoms with Gasteiger partial charge in [-0.05, 0) is 61.2 Å². The molecule has 0 saturated heterocycles. The number of hydrogen-bond donors (Lipinski definition) is 0. The average molecular weight is 406 g/mol. The van der Waals surface area contributed by atoms with Crippen molar-refractivity contribution in [1.82, 2.24) is 4.98 Å². The van der Waals surface area contributed by atoms with Crippen molar-refractivity contribution in [3.8, 4) is 33.5 Å². The van der Waals surface area contributed by atoms with Gasteiger partial charge in [-0.15, -0.1) is 0 Å². The summed E-state index contributed by atoms with van der Waals surface area (Å²) in [6.45, 7) is 11.0. The van der Waals surface area contributed by atoms with E-state index in [4.69, 9.17) is 4.98 Å². The van der Waals surface area contributed by atoms with E-state index in [2.05, 4.69) is 113 Å². The minimum atomic E-state index is -0.0977. The van der Waals surface area contributed by atoms with Crippen LogP contribution in [0.15, 0.2) is 66.9 Å². The van der Waals surface area contributed by atoms with Crippen molar-refractivity contribution in [1.29, 1.82) is 0 Å². The van der Waals surface area contributed by atoms with Gasteiger partial charge in [0.05, 0.1) is 5.69 Å². The molecule has 2 heterocycles. The molecule has 0 bridgehead atoms. The second kappa shape index (κ2) is 6.88. The Morgan fingerprint density at radius 2 is 1.45 bits per heavy atom. The molecule has 154 valence electrons. The third-order valence-electron chi connectivity index (χ3n) is 6.75. The fourth-order valence-corrected chi connectivity index (χ4v) is 4.91. The summed E-state index contributed by atoms with van der Waals surface area (Å²) in [6, 6.07) is 22.3. The van der Waals surface area contributed by atoms with Gasteiger partial charge in [-0.3, -0.25) is 4.98 Å². The highest BCUT2D eigenvalue weighted by atomic mass is 14.9. The molecule has 2 heteroatoms. The predicted octanol–water partition coefficient (Wildman–Crippen LogP) is 6.47. The van der Waals surface area contributed by atoms with Crippen molar-refractivity contribution in [3.05, 3.63) is 94.9 Å². The Morgan fingerprint density at radius 1 is 0.742 bits per heavy atom. The van der Waals surface area contributed by atoms with Crippen molar-refractivity contribution < 1.29 is 4.57 Å². The molecular formula is C29H29N2+. The van der Waals surface area contributed by atoms with Crippen LogP contribution in [-0.4, -0.2) is 4.98 Å². The second-order valence-corrected chi connectivity index (χ2v) is 9.47. The summed E-state index contributed by atoms with van der Waals surface area (Å²) in [5.74, 6) is 0. The number of fused-ring (bicyclic) bond motifs is 3. The monoisotopic (exact) mass is 405 g/mol. The Labute approximate surface area is 185 Å². The van der Waals surface area contributed by atoms with Crippen LogP contribution in [0.5, 0.6) is 0 Å². The van der Waals surface area contributed by atoms with Crippen LogP contribution in [0.3, 0.4) is 0 Å². The molecule has 4 aromatic rings. The highest BCUT2D eigenvalue weighted by Gasteiger charge is 2.38. The second-order valence-electron chi connectivity index (χ2n) is 9.47. The summed E-state index contributed by atoms with van der Waals surface area (Å²) in [4.78, 5) is 4.92. The third kappa shape index (κ3) is 3.09. The van der Waals surface area contributed by atoms with Crippen LogP contribution in [0.2, 0.25) is 0 Å². The van der Waals surface area contributed by atoms with Gasteiger partial charge < -0.3 is 0 Å². The molecule has 31 heavy (non-hydrogen) atoms. The molecule has 0 N–H and O–H groups in total. The minimum absolute atomic E-state index is 0.0977. The third-order valence-corrected chi connectivity index (χ3v) is 6.75. The fraction of sp³-hybridized carbons (Fsp3) is 0.241. The zero-order chi connectivity index (χ0) is 21.9. The lowest BCUT2D eigenvalue weighted by molar-refractivity contribution is -0.659. The normalized spacial score (nSPS) is 13.7. The summed E-state index contributed by atoms with van der Waals surface area (Å²) in [5, 5.41) is 0. The van der Waals surface area contributed by atoms with E-state index in [9.17, 15) is 0 Å². The Morgan fingerprint density at radius 3 is 2.16 bits per heavy atom. The summed E-state index contributed by atoms with van der Waals surface area (Å²) in [5.41, 5.74) is 13.7. The SMILES string of the molecule is Cc1ccc(-c2ccc(-c3cc4c(cc3C)-c3ccc(C)nc3C4(C)C)[n+](C)c2)cc1. The van der Waals surface area contributed by atoms with Gasteiger partial charge >= 0.3 is 0 Å². The Kier molecular flexibility index (Phi) is 4.37. The first kappa shape index (κ1) is 19.7. The maximum absolute atomic E-state index is 4.92. The molecule has 0 fully saturated rings. The van der Waals surface area contributed by atoms with Crippen LogP contribution in [0.1, 0.15) is 41.9 Å². The minimum Gasteiger partial charge on any atom is -0.257 e. The van der Waals surface area contributed by atoms with Crippen molar-refractivity contribution in [2.45, 2.75) is 40.0 Å². The van der Waals surface area contributed by atoms with Crippen LogP contribution in [0.4, 0.5) is 0 Å². The smallest absolute Gasteiger partial charge is 0.212 e. The molecule has 0 atom stereocenters. The number of pyridine rings is 2. The van der Waals surface area contributed by atoms with Crippen LogP contribution in [0.25, 0.3) is 33.5 Å². The summed E-state index contributed by atoms with van der Waals surface area (Å²) in [7, 11) is 2.14. The molecule has 0 unspecified atom stereocenters. The quantitative estimate of drug-likeness (QED) is 0.349. The molecule has 1 aliphatic carbocycles. The van der Waals surface area contributed by atoms with Gasteiger partial charge in [0.15, 0.2) is 6.20 Å². The molecule has 0 radical (unpaired) electrons.